The van der Waals surface area contributed by atoms with Gasteiger partial charge in [0, 0.05) is 21.4 Å². The molecular weight excluding hydrogens is 451 g/mol. The number of anilines is 1. The first-order valence-corrected chi connectivity index (χ1v) is 8.62. The van der Waals surface area contributed by atoms with E-state index >= 15 is 0 Å². The van der Waals surface area contributed by atoms with Gasteiger partial charge in [-0.2, -0.15) is 0 Å². The minimum absolute atomic E-state index is 0.0972. The molecule has 1 N–H and O–H groups in total. The van der Waals surface area contributed by atoms with Crippen molar-refractivity contribution in [1.82, 2.24) is 9.55 Å². The van der Waals surface area contributed by atoms with Gasteiger partial charge in [0.05, 0.1) is 22.2 Å². The topological polar surface area (TPSA) is 107 Å². The number of nitro groups is 1. The number of carbonyl (C=O) groups excluding carboxylic acids is 1. The molecule has 0 aliphatic rings. The minimum Gasteiger partial charge on any atom is -0.324 e. The monoisotopic (exact) mass is 464 g/mol. The largest absolute Gasteiger partial charge is 0.324 e. The fourth-order valence-electron chi connectivity index (χ4n) is 2.48. The van der Waals surface area contributed by atoms with Crippen molar-refractivity contribution >= 4 is 50.8 Å². The number of rotatable bonds is 4. The molecule has 1 aromatic heterocycles. The number of nitrogens with one attached hydrogen (secondary N) is 1. The van der Waals surface area contributed by atoms with Crippen molar-refractivity contribution < 1.29 is 9.72 Å². The van der Waals surface area contributed by atoms with Gasteiger partial charge in [-0.25, -0.2) is 4.98 Å². The van der Waals surface area contributed by atoms with Gasteiger partial charge in [-0.3, -0.25) is 24.3 Å². The van der Waals surface area contributed by atoms with E-state index < -0.39 is 10.5 Å². The normalized spacial score (nSPS) is 10.7. The first-order valence-electron chi connectivity index (χ1n) is 7.55. The number of aryl methyl sites for hydroxylation is 1. The molecule has 1 amide bonds. The Kier molecular flexibility index (Phi) is 4.98. The van der Waals surface area contributed by atoms with Crippen LogP contribution in [0.2, 0.25) is 0 Å². The highest BCUT2D eigenvalue weighted by atomic mass is 127. The van der Waals surface area contributed by atoms with Crippen LogP contribution in [-0.4, -0.2) is 20.4 Å². The first kappa shape index (κ1) is 18.0. The highest BCUT2D eigenvalue weighted by Crippen LogP contribution is 2.18. The molecule has 0 saturated carbocycles. The van der Waals surface area contributed by atoms with Crippen LogP contribution in [-0.2, 0) is 11.3 Å². The molecule has 0 radical (unpaired) electrons. The summed E-state index contributed by atoms with van der Waals surface area (Å²) in [6.07, 6.45) is 1.26. The van der Waals surface area contributed by atoms with Gasteiger partial charge >= 0.3 is 0 Å². The third-order valence-electron chi connectivity index (χ3n) is 3.79. The fraction of sp³-hybridized carbons (Fsp3) is 0.118. The lowest BCUT2D eigenvalue weighted by atomic mass is 10.2. The third kappa shape index (κ3) is 3.72. The number of hydrogen-bond acceptors (Lipinski definition) is 5. The molecule has 1 heterocycles. The molecule has 0 unspecified atom stereocenters. The van der Waals surface area contributed by atoms with Gasteiger partial charge in [-0.05, 0) is 59.3 Å². The van der Waals surface area contributed by atoms with Gasteiger partial charge in [-0.15, -0.1) is 0 Å². The van der Waals surface area contributed by atoms with Gasteiger partial charge in [-0.1, -0.05) is 0 Å². The Labute approximate surface area is 161 Å². The number of amides is 1. The lowest BCUT2D eigenvalue weighted by Gasteiger charge is -2.10. The van der Waals surface area contributed by atoms with Crippen LogP contribution in [0.1, 0.15) is 5.56 Å². The Morgan fingerprint density at radius 2 is 2.08 bits per heavy atom. The summed E-state index contributed by atoms with van der Waals surface area (Å²) in [6.45, 7) is 1.64. The number of aromatic nitrogens is 2. The van der Waals surface area contributed by atoms with E-state index in [2.05, 4.69) is 32.9 Å². The van der Waals surface area contributed by atoms with E-state index in [4.69, 9.17) is 0 Å². The van der Waals surface area contributed by atoms with Gasteiger partial charge in [0.1, 0.15) is 6.54 Å². The van der Waals surface area contributed by atoms with Gasteiger partial charge in [0.25, 0.3) is 11.2 Å². The van der Waals surface area contributed by atoms with Crippen molar-refractivity contribution in [3.8, 4) is 0 Å². The summed E-state index contributed by atoms with van der Waals surface area (Å²) in [5.41, 5.74) is 1.20. The zero-order chi connectivity index (χ0) is 18.8. The van der Waals surface area contributed by atoms with E-state index in [1.54, 1.807) is 6.07 Å². The van der Waals surface area contributed by atoms with Crippen molar-refractivity contribution in [2.24, 2.45) is 0 Å². The number of benzene rings is 2. The van der Waals surface area contributed by atoms with E-state index in [9.17, 15) is 19.7 Å². The maximum atomic E-state index is 12.5. The summed E-state index contributed by atoms with van der Waals surface area (Å²) in [4.78, 5) is 39.2. The number of carbonyl (C=O) groups is 1. The smallest absolute Gasteiger partial charge is 0.270 e. The van der Waals surface area contributed by atoms with Crippen LogP contribution >= 0.6 is 22.6 Å². The second-order valence-corrected chi connectivity index (χ2v) is 6.89. The van der Waals surface area contributed by atoms with Crippen molar-refractivity contribution in [2.45, 2.75) is 13.5 Å². The summed E-state index contributed by atoms with van der Waals surface area (Å²) in [6, 6.07) is 9.45. The SMILES string of the molecule is Cc1cc(I)ccc1NC(=O)Cn1cnc2ccc([N+](=O)[O-])cc2c1=O. The second kappa shape index (κ2) is 7.20. The van der Waals surface area contributed by atoms with Crippen molar-refractivity contribution in [3.05, 3.63) is 72.3 Å². The minimum atomic E-state index is -0.581. The van der Waals surface area contributed by atoms with Crippen molar-refractivity contribution in [1.29, 1.82) is 0 Å². The summed E-state index contributed by atoms with van der Waals surface area (Å²) in [7, 11) is 0. The standard InChI is InChI=1S/C17H13IN4O4/c1-10-6-11(18)2-4-14(10)20-16(23)8-21-9-19-15-5-3-12(22(25)26)7-13(15)17(21)24/h2-7,9H,8H2,1H3,(H,20,23). The van der Waals surface area contributed by atoms with E-state index in [-0.39, 0.29) is 23.5 Å². The lowest BCUT2D eigenvalue weighted by Crippen LogP contribution is -2.28. The summed E-state index contributed by atoms with van der Waals surface area (Å²) < 4.78 is 2.18. The molecule has 0 saturated heterocycles. The number of fused-ring (bicyclic) bond motifs is 1. The Balaban J connectivity index is 1.88. The molecule has 0 bridgehead atoms. The molecule has 0 fully saturated rings. The molecule has 26 heavy (non-hydrogen) atoms. The quantitative estimate of drug-likeness (QED) is 0.363. The number of hydrogen-bond donors (Lipinski definition) is 1. The van der Waals surface area contributed by atoms with E-state index in [0.29, 0.717) is 11.2 Å². The van der Waals surface area contributed by atoms with Crippen LogP contribution in [0, 0.1) is 20.6 Å². The molecule has 132 valence electrons. The molecule has 3 aromatic rings. The molecule has 8 nitrogen and oxygen atoms in total. The molecule has 9 heteroatoms. The zero-order valence-electron chi connectivity index (χ0n) is 13.6. The maximum absolute atomic E-state index is 12.5. The molecule has 3 rings (SSSR count). The Morgan fingerprint density at radius 1 is 1.31 bits per heavy atom. The molecular formula is C17H13IN4O4. The van der Waals surface area contributed by atoms with Crippen molar-refractivity contribution in [2.75, 3.05) is 5.32 Å². The van der Waals surface area contributed by atoms with Crippen LogP contribution in [0.15, 0.2) is 47.5 Å². The third-order valence-corrected chi connectivity index (χ3v) is 4.47. The van der Waals surface area contributed by atoms with Crippen LogP contribution in [0.4, 0.5) is 11.4 Å². The number of nitrogens with zero attached hydrogens (tertiary/aromatic N) is 3. The van der Waals surface area contributed by atoms with E-state index in [1.165, 1.54) is 24.5 Å². The average molecular weight is 464 g/mol. The fourth-order valence-corrected chi connectivity index (χ4v) is 3.13. The number of halogens is 1. The first-order chi connectivity index (χ1) is 12.3. The molecule has 0 atom stereocenters. The van der Waals surface area contributed by atoms with E-state index in [0.717, 1.165) is 13.7 Å². The number of non-ortho nitro benzene ring substituents is 1. The summed E-state index contributed by atoms with van der Waals surface area (Å²) >= 11 is 2.18. The van der Waals surface area contributed by atoms with Gasteiger partial charge in [0.2, 0.25) is 5.91 Å². The Morgan fingerprint density at radius 3 is 2.77 bits per heavy atom. The predicted molar refractivity (Wildman–Crippen MR) is 105 cm³/mol. The van der Waals surface area contributed by atoms with Crippen LogP contribution in [0.3, 0.4) is 0 Å². The Bertz CT molecular complexity index is 1090. The van der Waals surface area contributed by atoms with Gasteiger partial charge in [0.15, 0.2) is 0 Å². The molecule has 0 spiro atoms. The Hall–Kier alpha value is -2.82. The molecule has 0 aliphatic carbocycles. The van der Waals surface area contributed by atoms with Crippen LogP contribution in [0.25, 0.3) is 10.9 Å². The van der Waals surface area contributed by atoms with Crippen LogP contribution in [0.5, 0.6) is 0 Å². The highest BCUT2D eigenvalue weighted by Gasteiger charge is 2.13. The predicted octanol–water partition coefficient (Wildman–Crippen LogP) is 2.86. The maximum Gasteiger partial charge on any atom is 0.270 e. The highest BCUT2D eigenvalue weighted by molar-refractivity contribution is 14.1. The second-order valence-electron chi connectivity index (χ2n) is 5.64. The van der Waals surface area contributed by atoms with Gasteiger partial charge < -0.3 is 5.32 Å². The summed E-state index contributed by atoms with van der Waals surface area (Å²) in [5.74, 6) is -0.386. The average Bonchev–Trinajstić information content (AvgIpc) is 2.59. The molecule has 0 aliphatic heterocycles. The summed E-state index contributed by atoms with van der Waals surface area (Å²) in [5, 5.41) is 13.7. The van der Waals surface area contributed by atoms with Crippen molar-refractivity contribution in [3.63, 3.8) is 0 Å². The zero-order valence-corrected chi connectivity index (χ0v) is 15.8. The number of nitro benzene ring substituents is 1. The lowest BCUT2D eigenvalue weighted by molar-refractivity contribution is -0.384. The molecule has 2 aromatic carbocycles. The van der Waals surface area contributed by atoms with Crippen LogP contribution < -0.4 is 10.9 Å². The van der Waals surface area contributed by atoms with E-state index in [1.807, 2.05) is 19.1 Å².